The lowest BCUT2D eigenvalue weighted by molar-refractivity contribution is 0.184. The number of sulfonamides is 1. The van der Waals surface area contributed by atoms with Gasteiger partial charge in [0, 0.05) is 13.7 Å². The van der Waals surface area contributed by atoms with Crippen LogP contribution in [-0.4, -0.2) is 28.7 Å². The smallest absolute Gasteiger partial charge is 0.238 e. The van der Waals surface area contributed by atoms with Crippen molar-refractivity contribution in [3.8, 4) is 5.75 Å². The molecule has 1 rings (SSSR count). The average molecular weight is 287 g/mol. The van der Waals surface area contributed by atoms with Gasteiger partial charge in [-0.15, -0.1) is 0 Å². The normalized spacial score (nSPS) is 11.6. The van der Waals surface area contributed by atoms with Gasteiger partial charge in [0.15, 0.2) is 0 Å². The van der Waals surface area contributed by atoms with Gasteiger partial charge in [0.2, 0.25) is 10.0 Å². The van der Waals surface area contributed by atoms with Crippen molar-refractivity contribution in [2.24, 2.45) is 5.14 Å². The summed E-state index contributed by atoms with van der Waals surface area (Å²) >= 11 is 0. The molecule has 0 aliphatic heterocycles. The number of hydrogen-bond acceptors (Lipinski definition) is 4. The molecule has 0 aliphatic rings. The third-order valence-electron chi connectivity index (χ3n) is 2.73. The van der Waals surface area contributed by atoms with Crippen molar-refractivity contribution in [1.82, 2.24) is 0 Å². The number of rotatable bonds is 7. The third kappa shape index (κ3) is 4.81. The van der Waals surface area contributed by atoms with Gasteiger partial charge < -0.3 is 9.47 Å². The number of hydrogen-bond donors (Lipinski definition) is 1. The number of unbranched alkanes of at least 4 members (excludes halogenated alkanes) is 1. The number of ether oxygens (including phenoxy) is 2. The highest BCUT2D eigenvalue weighted by molar-refractivity contribution is 7.89. The third-order valence-corrected chi connectivity index (χ3v) is 3.94. The number of primary sulfonamides is 1. The minimum atomic E-state index is -3.69. The van der Waals surface area contributed by atoms with Gasteiger partial charge in [0.05, 0.1) is 11.5 Å². The molecule has 0 amide bonds. The van der Waals surface area contributed by atoms with Crippen molar-refractivity contribution in [3.05, 3.63) is 23.3 Å². The van der Waals surface area contributed by atoms with Gasteiger partial charge in [-0.3, -0.25) is 0 Å². The maximum atomic E-state index is 11.4. The Morgan fingerprint density at radius 2 is 1.63 bits per heavy atom. The van der Waals surface area contributed by atoms with Crippen LogP contribution in [0.3, 0.4) is 0 Å². The van der Waals surface area contributed by atoms with Crippen LogP contribution in [0.1, 0.15) is 24.0 Å². The van der Waals surface area contributed by atoms with E-state index in [1.165, 1.54) is 0 Å². The van der Waals surface area contributed by atoms with Gasteiger partial charge in [0.25, 0.3) is 0 Å². The number of nitrogens with two attached hydrogens (primary N) is 1. The Kier molecular flexibility index (Phi) is 5.78. The van der Waals surface area contributed by atoms with Crippen molar-refractivity contribution in [3.63, 3.8) is 0 Å². The predicted molar refractivity (Wildman–Crippen MR) is 73.9 cm³/mol. The molecule has 0 atom stereocenters. The van der Waals surface area contributed by atoms with Crippen LogP contribution in [0.5, 0.6) is 5.75 Å². The Labute approximate surface area is 114 Å². The fourth-order valence-electron chi connectivity index (χ4n) is 1.98. The second kappa shape index (κ2) is 6.88. The Balaban J connectivity index is 2.74. The summed E-state index contributed by atoms with van der Waals surface area (Å²) in [5.41, 5.74) is 1.21. The Hall–Kier alpha value is -1.11. The topological polar surface area (TPSA) is 78.6 Å². The van der Waals surface area contributed by atoms with Crippen LogP contribution in [0.15, 0.2) is 17.0 Å². The predicted octanol–water partition coefficient (Wildman–Crippen LogP) is 1.76. The summed E-state index contributed by atoms with van der Waals surface area (Å²) in [6.45, 7) is 4.72. The van der Waals surface area contributed by atoms with E-state index in [2.05, 4.69) is 0 Å². The van der Waals surface area contributed by atoms with Crippen LogP contribution in [0.4, 0.5) is 0 Å². The molecule has 0 fully saturated rings. The molecule has 1 aromatic carbocycles. The van der Waals surface area contributed by atoms with Crippen LogP contribution in [0, 0.1) is 13.8 Å². The number of benzene rings is 1. The van der Waals surface area contributed by atoms with E-state index in [0.29, 0.717) is 30.1 Å². The van der Waals surface area contributed by atoms with Gasteiger partial charge >= 0.3 is 0 Å². The van der Waals surface area contributed by atoms with E-state index in [1.807, 2.05) is 0 Å². The maximum absolute atomic E-state index is 11.4. The standard InChI is InChI=1S/C13H21NO4S/c1-10-8-12(18-7-5-4-6-17-3)9-11(2)13(10)19(14,15)16/h8-9H,4-7H2,1-3H3,(H2,14,15,16). The fraction of sp³-hybridized carbons (Fsp3) is 0.538. The molecule has 0 saturated carbocycles. The van der Waals surface area contributed by atoms with Crippen LogP contribution in [-0.2, 0) is 14.8 Å². The lowest BCUT2D eigenvalue weighted by Gasteiger charge is -2.12. The van der Waals surface area contributed by atoms with Crippen LogP contribution < -0.4 is 9.88 Å². The lowest BCUT2D eigenvalue weighted by atomic mass is 10.1. The van der Waals surface area contributed by atoms with E-state index in [1.54, 1.807) is 33.1 Å². The molecule has 0 spiro atoms. The lowest BCUT2D eigenvalue weighted by Crippen LogP contribution is -2.15. The van der Waals surface area contributed by atoms with Gasteiger partial charge in [0.1, 0.15) is 5.75 Å². The molecule has 6 heteroatoms. The summed E-state index contributed by atoms with van der Waals surface area (Å²) in [5.74, 6) is 0.666. The Bertz CT molecular complexity index is 502. The van der Waals surface area contributed by atoms with Crippen LogP contribution in [0.2, 0.25) is 0 Å². The van der Waals surface area contributed by atoms with E-state index >= 15 is 0 Å². The first-order valence-electron chi connectivity index (χ1n) is 6.12. The first-order valence-corrected chi connectivity index (χ1v) is 7.66. The molecule has 0 heterocycles. The molecule has 0 bridgehead atoms. The highest BCUT2D eigenvalue weighted by atomic mass is 32.2. The van der Waals surface area contributed by atoms with E-state index in [0.717, 1.165) is 12.8 Å². The van der Waals surface area contributed by atoms with Crippen molar-refractivity contribution in [2.45, 2.75) is 31.6 Å². The zero-order chi connectivity index (χ0) is 14.5. The molecule has 0 aromatic heterocycles. The molecule has 0 radical (unpaired) electrons. The summed E-state index contributed by atoms with van der Waals surface area (Å²) < 4.78 is 33.4. The molecule has 2 N–H and O–H groups in total. The van der Waals surface area contributed by atoms with Crippen molar-refractivity contribution in [1.29, 1.82) is 0 Å². The summed E-state index contributed by atoms with van der Waals surface area (Å²) in [4.78, 5) is 0.180. The summed E-state index contributed by atoms with van der Waals surface area (Å²) in [5, 5.41) is 5.18. The molecular formula is C13H21NO4S. The molecule has 0 unspecified atom stereocenters. The highest BCUT2D eigenvalue weighted by Gasteiger charge is 2.16. The average Bonchev–Trinajstić information content (AvgIpc) is 2.25. The van der Waals surface area contributed by atoms with Crippen molar-refractivity contribution in [2.75, 3.05) is 20.3 Å². The minimum absolute atomic E-state index is 0.180. The monoisotopic (exact) mass is 287 g/mol. The molecule has 1 aromatic rings. The quantitative estimate of drug-likeness (QED) is 0.775. The van der Waals surface area contributed by atoms with Gasteiger partial charge in [-0.1, -0.05) is 0 Å². The zero-order valence-corrected chi connectivity index (χ0v) is 12.4. The first kappa shape index (κ1) is 15.9. The van der Waals surface area contributed by atoms with E-state index < -0.39 is 10.0 Å². The summed E-state index contributed by atoms with van der Waals surface area (Å²) in [6.07, 6.45) is 1.83. The molecular weight excluding hydrogens is 266 g/mol. The SMILES string of the molecule is COCCCCOc1cc(C)c(S(N)(=O)=O)c(C)c1. The van der Waals surface area contributed by atoms with Gasteiger partial charge in [-0.05, 0) is 49.9 Å². The van der Waals surface area contributed by atoms with Crippen molar-refractivity contribution >= 4 is 10.0 Å². The van der Waals surface area contributed by atoms with Gasteiger partial charge in [-0.2, -0.15) is 0 Å². The second-order valence-corrected chi connectivity index (χ2v) is 5.98. The van der Waals surface area contributed by atoms with Crippen LogP contribution in [0.25, 0.3) is 0 Å². The van der Waals surface area contributed by atoms with Crippen molar-refractivity contribution < 1.29 is 17.9 Å². The summed E-state index contributed by atoms with van der Waals surface area (Å²) in [7, 11) is -2.02. The first-order chi connectivity index (χ1) is 8.86. The molecule has 108 valence electrons. The minimum Gasteiger partial charge on any atom is -0.494 e. The summed E-state index contributed by atoms with van der Waals surface area (Å²) in [6, 6.07) is 3.39. The molecule has 0 saturated heterocycles. The number of aryl methyl sites for hydroxylation is 2. The zero-order valence-electron chi connectivity index (χ0n) is 11.6. The van der Waals surface area contributed by atoms with E-state index in [-0.39, 0.29) is 4.90 Å². The number of methoxy groups -OCH3 is 1. The fourth-order valence-corrected chi connectivity index (χ4v) is 3.00. The second-order valence-electron chi connectivity index (χ2n) is 4.48. The van der Waals surface area contributed by atoms with E-state index in [9.17, 15) is 8.42 Å². The maximum Gasteiger partial charge on any atom is 0.238 e. The molecule has 0 aliphatic carbocycles. The molecule has 5 nitrogen and oxygen atoms in total. The van der Waals surface area contributed by atoms with Gasteiger partial charge in [-0.25, -0.2) is 13.6 Å². The van der Waals surface area contributed by atoms with Crippen LogP contribution >= 0.6 is 0 Å². The Morgan fingerprint density at radius 1 is 1.11 bits per heavy atom. The Morgan fingerprint density at radius 3 is 2.11 bits per heavy atom. The van der Waals surface area contributed by atoms with E-state index in [4.69, 9.17) is 14.6 Å². The molecule has 19 heavy (non-hydrogen) atoms. The highest BCUT2D eigenvalue weighted by Crippen LogP contribution is 2.24. The largest absolute Gasteiger partial charge is 0.494 e.